The van der Waals surface area contributed by atoms with Crippen LogP contribution in [0.15, 0.2) is 188 Å². The Labute approximate surface area is 338 Å². The molecule has 3 aromatic heterocycles. The zero-order chi connectivity index (χ0) is 39.0. The number of imidazole rings is 1. The third kappa shape index (κ3) is 4.95. The Hall–Kier alpha value is -7.02. The average Bonchev–Trinajstić information content (AvgIpc) is 3.80. The van der Waals surface area contributed by atoms with Gasteiger partial charge in [0.1, 0.15) is 17.4 Å². The fourth-order valence-corrected chi connectivity index (χ4v) is 14.4. The number of ether oxygens (including phenoxy) is 1. The zero-order valence-corrected chi connectivity index (χ0v) is 33.6. The Morgan fingerprint density at radius 2 is 1.22 bits per heavy atom. The smallest absolute Gasteiger partial charge is 0.179 e. The van der Waals surface area contributed by atoms with E-state index in [9.17, 15) is 0 Å². The molecule has 1 aliphatic heterocycles. The molecule has 7 aromatic carbocycles. The molecule has 0 bridgehead atoms. The van der Waals surface area contributed by atoms with Crippen molar-refractivity contribution in [1.82, 2.24) is 19.1 Å². The number of rotatable bonds is 6. The van der Waals surface area contributed by atoms with Gasteiger partial charge >= 0.3 is 0 Å². The van der Waals surface area contributed by atoms with Gasteiger partial charge in [0.25, 0.3) is 0 Å². The van der Waals surface area contributed by atoms with E-state index in [0.29, 0.717) is 0 Å². The summed E-state index contributed by atoms with van der Waals surface area (Å²) in [6, 6.07) is 66.1. The first-order valence-corrected chi connectivity index (χ1v) is 21.9. The predicted octanol–water partition coefficient (Wildman–Crippen LogP) is 9.54. The molecular weight excluding hydrogens is 725 g/mol. The van der Waals surface area contributed by atoms with Crippen LogP contribution in [0.5, 0.6) is 11.5 Å². The molecule has 0 atom stereocenters. The average molecular weight is 765 g/mol. The third-order valence-corrected chi connectivity index (χ3v) is 17.1. The number of para-hydroxylation sites is 3. The van der Waals surface area contributed by atoms with E-state index in [1.807, 2.05) is 12.3 Å². The van der Waals surface area contributed by atoms with Gasteiger partial charge in [0, 0.05) is 46.1 Å². The standard InChI is InChI=1S/C52H40N4OSi/c1-52(2)42-23-10-13-26-47(42)57-50-43(52)31-30-41-40-29-28-39(34-46(40)56(49(41)50)48-27-14-15-32-53-48)58(36-18-6-4-7-19-36,37-20-8-5-9-21-37)38-22-16-17-35(33-38)51-54-44-24-11-12-25-45(44)55(51)3/h4-34H,1-3H3. The summed E-state index contributed by atoms with van der Waals surface area (Å²) in [7, 11) is -0.898. The van der Waals surface area contributed by atoms with Gasteiger partial charge in [-0.1, -0.05) is 159 Å². The zero-order valence-electron chi connectivity index (χ0n) is 32.6. The monoisotopic (exact) mass is 764 g/mol. The molecule has 58 heavy (non-hydrogen) atoms. The van der Waals surface area contributed by atoms with Gasteiger partial charge in [-0.2, -0.15) is 0 Å². The first-order chi connectivity index (χ1) is 28.4. The van der Waals surface area contributed by atoms with Crippen molar-refractivity contribution in [3.05, 3.63) is 199 Å². The number of pyridine rings is 1. The molecule has 0 saturated heterocycles. The molecule has 5 nitrogen and oxygen atoms in total. The van der Waals surface area contributed by atoms with E-state index in [1.54, 1.807) is 0 Å². The van der Waals surface area contributed by atoms with Gasteiger partial charge < -0.3 is 9.30 Å². The van der Waals surface area contributed by atoms with Gasteiger partial charge in [0.05, 0.1) is 22.1 Å². The molecule has 0 N–H and O–H groups in total. The highest BCUT2D eigenvalue weighted by Crippen LogP contribution is 2.52. The molecule has 0 spiro atoms. The molecule has 0 radical (unpaired) electrons. The Balaban J connectivity index is 1.23. The summed E-state index contributed by atoms with van der Waals surface area (Å²) in [6.45, 7) is 4.60. The van der Waals surface area contributed by atoms with Crippen LogP contribution in [-0.2, 0) is 12.5 Å². The van der Waals surface area contributed by atoms with Crippen molar-refractivity contribution < 1.29 is 4.74 Å². The fourth-order valence-electron chi connectivity index (χ4n) is 9.63. The highest BCUT2D eigenvalue weighted by atomic mass is 28.3. The maximum atomic E-state index is 6.96. The van der Waals surface area contributed by atoms with Gasteiger partial charge in [0.15, 0.2) is 13.8 Å². The summed E-state index contributed by atoms with van der Waals surface area (Å²) in [5, 5.41) is 7.47. The van der Waals surface area contributed by atoms with Crippen molar-refractivity contribution in [1.29, 1.82) is 0 Å². The van der Waals surface area contributed by atoms with Crippen LogP contribution in [0, 0.1) is 0 Å². The lowest BCUT2D eigenvalue weighted by Gasteiger charge is -2.35. The maximum Gasteiger partial charge on any atom is 0.179 e. The van der Waals surface area contributed by atoms with Crippen molar-refractivity contribution in [2.45, 2.75) is 19.3 Å². The molecule has 0 unspecified atom stereocenters. The quantitative estimate of drug-likeness (QED) is 0.125. The first-order valence-electron chi connectivity index (χ1n) is 19.9. The number of hydrogen-bond acceptors (Lipinski definition) is 3. The van der Waals surface area contributed by atoms with Crippen LogP contribution >= 0.6 is 0 Å². The number of fused-ring (bicyclic) bond motifs is 7. The second kappa shape index (κ2) is 13.0. The number of benzene rings is 7. The third-order valence-electron chi connectivity index (χ3n) is 12.4. The van der Waals surface area contributed by atoms with E-state index in [2.05, 4.69) is 206 Å². The van der Waals surface area contributed by atoms with Crippen molar-refractivity contribution in [3.63, 3.8) is 0 Å². The van der Waals surface area contributed by atoms with E-state index in [0.717, 1.165) is 67.1 Å². The van der Waals surface area contributed by atoms with E-state index in [-0.39, 0.29) is 5.41 Å². The van der Waals surface area contributed by atoms with Crippen LogP contribution in [-0.4, -0.2) is 27.2 Å². The predicted molar refractivity (Wildman–Crippen MR) is 241 cm³/mol. The summed E-state index contributed by atoms with van der Waals surface area (Å²) >= 11 is 0. The molecule has 6 heteroatoms. The first kappa shape index (κ1) is 34.2. The van der Waals surface area contributed by atoms with Crippen LogP contribution < -0.4 is 25.5 Å². The maximum absolute atomic E-state index is 6.96. The number of hydrogen-bond donors (Lipinski definition) is 0. The van der Waals surface area contributed by atoms with Crippen LogP contribution in [0.1, 0.15) is 25.0 Å². The van der Waals surface area contributed by atoms with Crippen LogP contribution in [0.4, 0.5) is 0 Å². The van der Waals surface area contributed by atoms with Crippen molar-refractivity contribution in [2.75, 3.05) is 0 Å². The Bertz CT molecular complexity index is 3150. The number of aromatic nitrogens is 4. The minimum atomic E-state index is -3.01. The molecule has 11 rings (SSSR count). The summed E-state index contributed by atoms with van der Waals surface area (Å²) in [4.78, 5) is 10.1. The SMILES string of the molecule is Cn1c(-c2cccc([Si](c3ccccc3)(c3ccccc3)c3ccc4c5ccc6c(c5n(-c5ccccn5)c4c3)Oc3ccccc3C6(C)C)c2)nc2ccccc21. The summed E-state index contributed by atoms with van der Waals surface area (Å²) in [5.74, 6) is 3.58. The largest absolute Gasteiger partial charge is 0.454 e. The molecule has 0 fully saturated rings. The van der Waals surface area contributed by atoms with Crippen molar-refractivity contribution in [3.8, 4) is 28.7 Å². The van der Waals surface area contributed by atoms with Crippen molar-refractivity contribution in [2.24, 2.45) is 7.05 Å². The van der Waals surface area contributed by atoms with Crippen molar-refractivity contribution >= 4 is 61.7 Å². The molecule has 278 valence electrons. The highest BCUT2D eigenvalue weighted by Gasteiger charge is 2.43. The highest BCUT2D eigenvalue weighted by molar-refractivity contribution is 7.20. The van der Waals surface area contributed by atoms with E-state index >= 15 is 0 Å². The van der Waals surface area contributed by atoms with Gasteiger partial charge in [-0.15, -0.1) is 0 Å². The topological polar surface area (TPSA) is 44.9 Å². The molecular formula is C52H40N4OSi. The molecule has 1 aliphatic rings. The number of aryl methyl sites for hydroxylation is 1. The molecule has 4 heterocycles. The van der Waals surface area contributed by atoms with Crippen LogP contribution in [0.25, 0.3) is 50.0 Å². The van der Waals surface area contributed by atoms with Crippen LogP contribution in [0.2, 0.25) is 0 Å². The second-order valence-electron chi connectivity index (χ2n) is 15.9. The molecule has 0 amide bonds. The van der Waals surface area contributed by atoms with Gasteiger partial charge in [-0.3, -0.25) is 4.57 Å². The summed E-state index contributed by atoms with van der Waals surface area (Å²) in [6.07, 6.45) is 1.88. The minimum Gasteiger partial charge on any atom is -0.454 e. The summed E-state index contributed by atoms with van der Waals surface area (Å²) in [5.41, 5.74) is 7.41. The lowest BCUT2D eigenvalue weighted by atomic mass is 9.75. The fraction of sp³-hybridized carbons (Fsp3) is 0.0769. The Morgan fingerprint density at radius 1 is 0.552 bits per heavy atom. The van der Waals surface area contributed by atoms with Gasteiger partial charge in [0.2, 0.25) is 0 Å². The molecule has 0 saturated carbocycles. The lowest BCUT2D eigenvalue weighted by Crippen LogP contribution is -2.74. The molecule has 0 aliphatic carbocycles. The second-order valence-corrected chi connectivity index (χ2v) is 19.7. The Kier molecular flexibility index (Phi) is 7.68. The lowest BCUT2D eigenvalue weighted by molar-refractivity contribution is 0.421. The normalized spacial score (nSPS) is 13.4. The Morgan fingerprint density at radius 3 is 1.98 bits per heavy atom. The van der Waals surface area contributed by atoms with E-state index in [1.165, 1.54) is 26.3 Å². The van der Waals surface area contributed by atoms with E-state index in [4.69, 9.17) is 14.7 Å². The van der Waals surface area contributed by atoms with Gasteiger partial charge in [-0.25, -0.2) is 9.97 Å². The number of nitrogens with zero attached hydrogens (tertiary/aromatic N) is 4. The minimum absolute atomic E-state index is 0.262. The van der Waals surface area contributed by atoms with Crippen LogP contribution in [0.3, 0.4) is 0 Å². The van der Waals surface area contributed by atoms with E-state index < -0.39 is 8.07 Å². The summed E-state index contributed by atoms with van der Waals surface area (Å²) < 4.78 is 11.5. The molecule has 10 aromatic rings. The van der Waals surface area contributed by atoms with Gasteiger partial charge in [-0.05, 0) is 57.1 Å².